The van der Waals surface area contributed by atoms with E-state index in [1.165, 1.54) is 0 Å². The van der Waals surface area contributed by atoms with Crippen LogP contribution in [0.25, 0.3) is 10.9 Å². The quantitative estimate of drug-likeness (QED) is 0.874. The largest absolute Gasteiger partial charge is 0.481 e. The van der Waals surface area contributed by atoms with E-state index in [0.717, 1.165) is 15.8 Å². The molecular formula is C17H16F3N3O3. The van der Waals surface area contributed by atoms with E-state index in [9.17, 15) is 22.8 Å². The van der Waals surface area contributed by atoms with E-state index in [0.29, 0.717) is 5.69 Å². The summed E-state index contributed by atoms with van der Waals surface area (Å²) in [5.74, 6) is -5.28. The Balaban J connectivity index is 1.65. The maximum atomic E-state index is 13.0. The number of carboxylic acid groups (broad SMARTS) is 1. The van der Waals surface area contributed by atoms with Crippen LogP contribution in [-0.4, -0.2) is 46.3 Å². The lowest BCUT2D eigenvalue weighted by molar-refractivity contribution is -0.187. The fourth-order valence-electron chi connectivity index (χ4n) is 3.04. The molecule has 1 aliphatic rings. The number of amides is 2. The van der Waals surface area contributed by atoms with Gasteiger partial charge in [-0.15, -0.1) is 0 Å². The van der Waals surface area contributed by atoms with Crippen LogP contribution in [0.15, 0.2) is 36.4 Å². The maximum Gasteiger partial charge on any atom is 0.394 e. The van der Waals surface area contributed by atoms with Crippen molar-refractivity contribution in [2.75, 3.05) is 13.1 Å². The zero-order valence-electron chi connectivity index (χ0n) is 13.5. The molecule has 2 N–H and O–H groups in total. The second kappa shape index (κ2) is 6.81. The third kappa shape index (κ3) is 3.71. The van der Waals surface area contributed by atoms with Crippen LogP contribution in [0.5, 0.6) is 0 Å². The maximum absolute atomic E-state index is 13.0. The van der Waals surface area contributed by atoms with Crippen molar-refractivity contribution in [3.05, 3.63) is 42.1 Å². The summed E-state index contributed by atoms with van der Waals surface area (Å²) >= 11 is 0. The number of pyridine rings is 1. The average Bonchev–Trinajstić information content (AvgIpc) is 3.05. The zero-order valence-corrected chi connectivity index (χ0v) is 13.5. The van der Waals surface area contributed by atoms with Gasteiger partial charge in [0.25, 0.3) is 0 Å². The summed E-state index contributed by atoms with van der Waals surface area (Å²) in [5, 5.41) is 12.4. The number of benzene rings is 1. The Morgan fingerprint density at radius 2 is 1.92 bits per heavy atom. The van der Waals surface area contributed by atoms with Gasteiger partial charge in [0.15, 0.2) is 0 Å². The van der Waals surface area contributed by atoms with Crippen LogP contribution in [0.2, 0.25) is 0 Å². The third-order valence-electron chi connectivity index (χ3n) is 4.42. The summed E-state index contributed by atoms with van der Waals surface area (Å²) in [5.41, 5.74) is 1.29. The second-order valence-corrected chi connectivity index (χ2v) is 6.15. The number of aromatic nitrogens is 1. The van der Waals surface area contributed by atoms with Crippen molar-refractivity contribution in [1.29, 1.82) is 0 Å². The van der Waals surface area contributed by atoms with Gasteiger partial charge in [0.2, 0.25) is 0 Å². The lowest BCUT2D eigenvalue weighted by atomic mass is 9.96. The summed E-state index contributed by atoms with van der Waals surface area (Å²) in [6.45, 7) is -1.11. The molecule has 0 saturated carbocycles. The number of carboxylic acids is 1. The minimum Gasteiger partial charge on any atom is -0.481 e. The first-order valence-corrected chi connectivity index (χ1v) is 7.92. The number of hydrogen-bond donors (Lipinski definition) is 2. The Kier molecular flexibility index (Phi) is 4.71. The van der Waals surface area contributed by atoms with Crippen LogP contribution in [0.4, 0.5) is 18.0 Å². The molecule has 2 amide bonds. The zero-order chi connectivity index (χ0) is 18.9. The van der Waals surface area contributed by atoms with Crippen molar-refractivity contribution < 1.29 is 27.9 Å². The number of alkyl halides is 3. The number of para-hydroxylation sites is 1. The normalized spacial score (nSPS) is 20.3. The Hall–Kier alpha value is -2.84. The molecule has 0 radical (unpaired) electrons. The molecule has 1 aliphatic heterocycles. The van der Waals surface area contributed by atoms with E-state index < -0.39 is 43.1 Å². The minimum atomic E-state index is -4.67. The van der Waals surface area contributed by atoms with E-state index in [4.69, 9.17) is 5.11 Å². The lowest BCUT2D eigenvalue weighted by Gasteiger charge is -2.18. The number of nitrogens with one attached hydrogen (secondary N) is 1. The molecule has 2 heterocycles. The van der Waals surface area contributed by atoms with Crippen LogP contribution >= 0.6 is 0 Å². The molecule has 0 unspecified atom stereocenters. The molecule has 0 spiro atoms. The second-order valence-electron chi connectivity index (χ2n) is 6.15. The number of carbonyl (C=O) groups excluding carboxylic acids is 1. The molecule has 3 rings (SSSR count). The number of nitrogens with zero attached hydrogens (tertiary/aromatic N) is 2. The number of rotatable bonds is 3. The number of urea groups is 1. The first-order chi connectivity index (χ1) is 12.3. The molecule has 1 fully saturated rings. The van der Waals surface area contributed by atoms with Gasteiger partial charge < -0.3 is 15.3 Å². The van der Waals surface area contributed by atoms with Gasteiger partial charge in [0.05, 0.1) is 29.6 Å². The van der Waals surface area contributed by atoms with Crippen LogP contribution in [-0.2, 0) is 11.3 Å². The van der Waals surface area contributed by atoms with Gasteiger partial charge in [0, 0.05) is 18.5 Å². The van der Waals surface area contributed by atoms with Gasteiger partial charge in [-0.05, 0) is 12.1 Å². The van der Waals surface area contributed by atoms with E-state index in [1.54, 1.807) is 6.07 Å². The fraction of sp³-hybridized carbons (Fsp3) is 0.353. The number of likely N-dealkylation sites (tertiary alicyclic amines) is 1. The van der Waals surface area contributed by atoms with E-state index in [1.807, 2.05) is 30.3 Å². The topological polar surface area (TPSA) is 82.5 Å². The number of halogens is 3. The summed E-state index contributed by atoms with van der Waals surface area (Å²) in [7, 11) is 0. The Morgan fingerprint density at radius 3 is 2.58 bits per heavy atom. The number of carbonyl (C=O) groups is 2. The van der Waals surface area contributed by atoms with Gasteiger partial charge in [0.1, 0.15) is 0 Å². The highest BCUT2D eigenvalue weighted by Gasteiger charge is 2.53. The SMILES string of the molecule is O=C(O)[C@@H]1CN(C(=O)NCc2ccc3ccccc3n2)C[C@H]1C(F)(F)F. The standard InChI is InChI=1S/C17H16F3N3O3/c18-17(19,20)13-9-23(8-12(13)15(24)25)16(26)21-7-11-6-5-10-3-1-2-4-14(10)22-11/h1-6,12-13H,7-9H2,(H,21,26)(H,24,25)/t12-,13-/m1/s1. The smallest absolute Gasteiger partial charge is 0.394 e. The molecule has 1 aromatic heterocycles. The molecule has 0 bridgehead atoms. The first-order valence-electron chi connectivity index (χ1n) is 7.92. The minimum absolute atomic E-state index is 0.0363. The average molecular weight is 367 g/mol. The van der Waals surface area contributed by atoms with E-state index >= 15 is 0 Å². The summed E-state index contributed by atoms with van der Waals surface area (Å²) in [4.78, 5) is 28.5. The predicted molar refractivity (Wildman–Crippen MR) is 86.2 cm³/mol. The van der Waals surface area contributed by atoms with Crippen molar-refractivity contribution in [2.24, 2.45) is 11.8 Å². The highest BCUT2D eigenvalue weighted by Crippen LogP contribution is 2.37. The third-order valence-corrected chi connectivity index (χ3v) is 4.42. The fourth-order valence-corrected chi connectivity index (χ4v) is 3.04. The van der Waals surface area contributed by atoms with Gasteiger partial charge in [-0.25, -0.2) is 4.79 Å². The predicted octanol–water partition coefficient (Wildman–Crippen LogP) is 2.64. The number of aliphatic carboxylic acids is 1. The lowest BCUT2D eigenvalue weighted by Crippen LogP contribution is -2.39. The highest BCUT2D eigenvalue weighted by molar-refractivity contribution is 5.79. The van der Waals surface area contributed by atoms with Crippen LogP contribution in [0.1, 0.15) is 5.69 Å². The number of hydrogen-bond acceptors (Lipinski definition) is 3. The first kappa shape index (κ1) is 18.0. The van der Waals surface area contributed by atoms with Gasteiger partial charge in [-0.3, -0.25) is 9.78 Å². The van der Waals surface area contributed by atoms with Gasteiger partial charge >= 0.3 is 18.2 Å². The monoisotopic (exact) mass is 367 g/mol. The molecule has 0 aliphatic carbocycles. The molecular weight excluding hydrogens is 351 g/mol. The summed E-state index contributed by atoms with van der Waals surface area (Å²) in [6.07, 6.45) is -4.67. The van der Waals surface area contributed by atoms with Crippen molar-refractivity contribution >= 4 is 22.9 Å². The van der Waals surface area contributed by atoms with E-state index in [2.05, 4.69) is 10.3 Å². The molecule has 2 aromatic rings. The molecule has 138 valence electrons. The summed E-state index contributed by atoms with van der Waals surface area (Å²) in [6, 6.07) is 10.2. The van der Waals surface area contributed by atoms with Crippen molar-refractivity contribution in [3.63, 3.8) is 0 Å². The van der Waals surface area contributed by atoms with E-state index in [-0.39, 0.29) is 6.54 Å². The molecule has 1 saturated heterocycles. The summed E-state index contributed by atoms with van der Waals surface area (Å²) < 4.78 is 38.9. The number of fused-ring (bicyclic) bond motifs is 1. The van der Waals surface area contributed by atoms with Crippen molar-refractivity contribution in [1.82, 2.24) is 15.2 Å². The van der Waals surface area contributed by atoms with Crippen molar-refractivity contribution in [2.45, 2.75) is 12.7 Å². The Labute approximate surface area is 146 Å². The Morgan fingerprint density at radius 1 is 1.19 bits per heavy atom. The molecule has 26 heavy (non-hydrogen) atoms. The molecule has 9 heteroatoms. The molecule has 1 aromatic carbocycles. The van der Waals surface area contributed by atoms with Crippen LogP contribution in [0.3, 0.4) is 0 Å². The highest BCUT2D eigenvalue weighted by atomic mass is 19.4. The van der Waals surface area contributed by atoms with Gasteiger partial charge in [-0.1, -0.05) is 24.3 Å². The molecule has 2 atom stereocenters. The van der Waals surface area contributed by atoms with Crippen LogP contribution < -0.4 is 5.32 Å². The molecule has 6 nitrogen and oxygen atoms in total. The van der Waals surface area contributed by atoms with Crippen LogP contribution in [0, 0.1) is 11.8 Å². The van der Waals surface area contributed by atoms with Gasteiger partial charge in [-0.2, -0.15) is 13.2 Å². The Bertz CT molecular complexity index is 841. The van der Waals surface area contributed by atoms with Crippen molar-refractivity contribution in [3.8, 4) is 0 Å².